The number of benzene rings is 1. The maximum atomic E-state index is 6.52. The molecule has 1 aromatic carbocycles. The molecule has 1 unspecified atom stereocenters. The predicted octanol–water partition coefficient (Wildman–Crippen LogP) is 4.34. The monoisotopic (exact) mass is 256 g/mol. The van der Waals surface area contributed by atoms with Crippen molar-refractivity contribution in [2.24, 2.45) is 0 Å². The van der Waals surface area contributed by atoms with Gasteiger partial charge in [-0.3, -0.25) is 0 Å². The summed E-state index contributed by atoms with van der Waals surface area (Å²) in [6.07, 6.45) is 4.72. The Balaban J connectivity index is 1.98. The molecule has 1 heterocycles. The Hall–Kier alpha value is -1.12. The van der Waals surface area contributed by atoms with Gasteiger partial charge in [0.25, 0.3) is 0 Å². The lowest BCUT2D eigenvalue weighted by Gasteiger charge is -2.45. The fourth-order valence-corrected chi connectivity index (χ4v) is 7.05. The number of hydrogen-bond donors (Lipinski definition) is 0. The van der Waals surface area contributed by atoms with E-state index in [2.05, 4.69) is 56.5 Å². The molecule has 2 aliphatic rings. The van der Waals surface area contributed by atoms with E-state index in [0.717, 1.165) is 6.42 Å². The van der Waals surface area contributed by atoms with E-state index in [0.29, 0.717) is 0 Å². The summed E-state index contributed by atoms with van der Waals surface area (Å²) in [5.41, 5.74) is 4.88. The quantitative estimate of drug-likeness (QED) is 0.715. The first-order valence-corrected chi connectivity index (χ1v) is 8.91. The minimum absolute atomic E-state index is 0.00400. The topological polar surface area (TPSA) is 9.23 Å². The van der Waals surface area contributed by atoms with Gasteiger partial charge in [-0.1, -0.05) is 42.5 Å². The predicted molar refractivity (Wildman–Crippen MR) is 79.5 cm³/mol. The van der Waals surface area contributed by atoms with E-state index in [1.54, 1.807) is 0 Å². The number of hydrogen-bond acceptors (Lipinski definition) is 1. The molecule has 0 radical (unpaired) electrons. The highest BCUT2D eigenvalue weighted by Gasteiger charge is 2.46. The fourth-order valence-electron chi connectivity index (χ4n) is 3.19. The van der Waals surface area contributed by atoms with Gasteiger partial charge in [0, 0.05) is 0 Å². The zero-order valence-electron chi connectivity index (χ0n) is 11.2. The fraction of sp³-hybridized carbons (Fsp3) is 0.375. The highest BCUT2D eigenvalue weighted by Crippen LogP contribution is 2.46. The Labute approximate surface area is 110 Å². The highest BCUT2D eigenvalue weighted by molar-refractivity contribution is 6.97. The van der Waals surface area contributed by atoms with Crippen molar-refractivity contribution >= 4 is 19.6 Å². The molecule has 0 saturated carbocycles. The molecule has 1 saturated heterocycles. The maximum absolute atomic E-state index is 6.52. The van der Waals surface area contributed by atoms with Crippen molar-refractivity contribution in [2.75, 3.05) is 0 Å². The van der Waals surface area contributed by atoms with Gasteiger partial charge in [-0.05, 0) is 42.6 Å². The largest absolute Gasteiger partial charge is 0.404 e. The Morgan fingerprint density at radius 2 is 2.11 bits per heavy atom. The van der Waals surface area contributed by atoms with Crippen molar-refractivity contribution in [3.63, 3.8) is 0 Å². The Kier molecular flexibility index (Phi) is 2.61. The Morgan fingerprint density at radius 3 is 2.78 bits per heavy atom. The zero-order valence-corrected chi connectivity index (χ0v) is 12.2. The third-order valence-electron chi connectivity index (χ3n) is 4.12. The minimum atomic E-state index is -1.93. The summed E-state index contributed by atoms with van der Waals surface area (Å²) < 4.78 is 6.52. The second-order valence-corrected chi connectivity index (χ2v) is 9.38. The summed E-state index contributed by atoms with van der Waals surface area (Å²) in [7, 11) is -1.93. The van der Waals surface area contributed by atoms with Gasteiger partial charge in [-0.2, -0.15) is 0 Å². The average Bonchev–Trinajstić information content (AvgIpc) is 2.29. The lowest BCUT2D eigenvalue weighted by molar-refractivity contribution is 0.0773. The smallest absolute Gasteiger partial charge is 0.249 e. The molecule has 1 aliphatic heterocycles. The summed E-state index contributed by atoms with van der Waals surface area (Å²) in [5.74, 6) is 0. The van der Waals surface area contributed by atoms with Crippen LogP contribution in [-0.2, 0) is 4.43 Å². The van der Waals surface area contributed by atoms with Gasteiger partial charge in [-0.15, -0.1) is 6.58 Å². The summed E-state index contributed by atoms with van der Waals surface area (Å²) in [5, 5.41) is 1.45. The molecular formula is C16H20OSi. The first kappa shape index (κ1) is 11.9. The van der Waals surface area contributed by atoms with E-state index in [9.17, 15) is 0 Å². The molecule has 1 aliphatic carbocycles. The second-order valence-electron chi connectivity index (χ2n) is 5.95. The molecule has 0 spiro atoms. The van der Waals surface area contributed by atoms with E-state index >= 15 is 0 Å². The SMILES string of the molecule is C=C[Si]1(C2=Cc3ccccc32)CCCC(C)(C)O1. The summed E-state index contributed by atoms with van der Waals surface area (Å²) >= 11 is 0. The molecule has 94 valence electrons. The first-order chi connectivity index (χ1) is 8.56. The van der Waals surface area contributed by atoms with E-state index in [1.807, 2.05) is 0 Å². The maximum Gasteiger partial charge on any atom is 0.249 e. The van der Waals surface area contributed by atoms with E-state index in [1.165, 1.54) is 28.8 Å². The molecule has 0 bridgehead atoms. The molecule has 18 heavy (non-hydrogen) atoms. The molecule has 1 fully saturated rings. The van der Waals surface area contributed by atoms with Gasteiger partial charge >= 0.3 is 0 Å². The van der Waals surface area contributed by atoms with Gasteiger partial charge < -0.3 is 4.43 Å². The Morgan fingerprint density at radius 1 is 1.33 bits per heavy atom. The van der Waals surface area contributed by atoms with Crippen molar-refractivity contribution in [1.29, 1.82) is 0 Å². The van der Waals surface area contributed by atoms with Crippen LogP contribution < -0.4 is 0 Å². The van der Waals surface area contributed by atoms with Crippen LogP contribution in [0.2, 0.25) is 6.04 Å². The van der Waals surface area contributed by atoms with Gasteiger partial charge in [0.05, 0.1) is 5.60 Å². The minimum Gasteiger partial charge on any atom is -0.404 e. The van der Waals surface area contributed by atoms with Crippen LogP contribution in [0.1, 0.15) is 37.8 Å². The molecule has 1 nitrogen and oxygen atoms in total. The van der Waals surface area contributed by atoms with Crippen LogP contribution in [-0.4, -0.2) is 13.9 Å². The Bertz CT molecular complexity index is 530. The normalized spacial score (nSPS) is 28.9. The van der Waals surface area contributed by atoms with Crippen molar-refractivity contribution in [3.8, 4) is 0 Å². The average molecular weight is 256 g/mol. The van der Waals surface area contributed by atoms with Gasteiger partial charge in [0.1, 0.15) is 0 Å². The van der Waals surface area contributed by atoms with Gasteiger partial charge in [0.2, 0.25) is 8.32 Å². The first-order valence-electron chi connectivity index (χ1n) is 6.72. The van der Waals surface area contributed by atoms with Crippen molar-refractivity contribution < 1.29 is 4.43 Å². The highest BCUT2D eigenvalue weighted by atomic mass is 28.4. The molecule has 0 amide bonds. The third-order valence-corrected chi connectivity index (χ3v) is 8.12. The van der Waals surface area contributed by atoms with Gasteiger partial charge in [-0.25, -0.2) is 0 Å². The standard InChI is InChI=1S/C16H20OSi/c1-4-18(11-7-10-16(2,3)17-18)15-12-13-8-5-6-9-14(13)15/h4-6,8-9,12H,1,7,10-11H2,2-3H3. The van der Waals surface area contributed by atoms with Crippen LogP contribution in [0, 0.1) is 0 Å². The molecule has 0 N–H and O–H groups in total. The molecule has 1 aromatic rings. The van der Waals surface area contributed by atoms with Crippen LogP contribution in [0.15, 0.2) is 36.5 Å². The summed E-state index contributed by atoms with van der Waals surface area (Å²) in [6, 6.07) is 9.79. The molecule has 0 aromatic heterocycles. The number of fused-ring (bicyclic) bond motifs is 1. The van der Waals surface area contributed by atoms with E-state index in [4.69, 9.17) is 4.43 Å². The lowest BCUT2D eigenvalue weighted by atomic mass is 9.98. The van der Waals surface area contributed by atoms with Crippen LogP contribution in [0.5, 0.6) is 0 Å². The van der Waals surface area contributed by atoms with Crippen molar-refractivity contribution in [2.45, 2.75) is 38.3 Å². The molecule has 1 atom stereocenters. The zero-order chi connectivity index (χ0) is 12.8. The van der Waals surface area contributed by atoms with Crippen molar-refractivity contribution in [1.82, 2.24) is 0 Å². The van der Waals surface area contributed by atoms with Gasteiger partial charge in [0.15, 0.2) is 0 Å². The molecule has 3 rings (SSSR count). The van der Waals surface area contributed by atoms with Crippen molar-refractivity contribution in [3.05, 3.63) is 47.7 Å². The lowest BCUT2D eigenvalue weighted by Crippen LogP contribution is -2.50. The summed E-state index contributed by atoms with van der Waals surface area (Å²) in [4.78, 5) is 0. The second kappa shape index (κ2) is 3.94. The van der Waals surface area contributed by atoms with E-state index < -0.39 is 8.32 Å². The molecule has 2 heteroatoms. The van der Waals surface area contributed by atoms with E-state index in [-0.39, 0.29) is 5.60 Å². The number of rotatable bonds is 2. The third kappa shape index (κ3) is 1.71. The van der Waals surface area contributed by atoms with Crippen LogP contribution in [0.25, 0.3) is 11.3 Å². The van der Waals surface area contributed by atoms with Crippen LogP contribution in [0.3, 0.4) is 0 Å². The van der Waals surface area contributed by atoms with Crippen LogP contribution >= 0.6 is 0 Å². The molecular weight excluding hydrogens is 236 g/mol. The van der Waals surface area contributed by atoms with Crippen LogP contribution in [0.4, 0.5) is 0 Å². The summed E-state index contributed by atoms with van der Waals surface area (Å²) in [6.45, 7) is 8.52.